The Hall–Kier alpha value is -2.74. The number of nitrogens with zero attached hydrogens (tertiary/aromatic N) is 2. The van der Waals surface area contributed by atoms with Gasteiger partial charge in [0.05, 0.1) is 0 Å². The van der Waals surface area contributed by atoms with Gasteiger partial charge in [-0.2, -0.15) is 0 Å². The second-order valence-corrected chi connectivity index (χ2v) is 14.9. The summed E-state index contributed by atoms with van der Waals surface area (Å²) >= 11 is 0. The van der Waals surface area contributed by atoms with Crippen molar-refractivity contribution < 1.29 is 9.13 Å². The molecule has 198 valence electrons. The van der Waals surface area contributed by atoms with Crippen molar-refractivity contribution in [2.24, 2.45) is 0 Å². The highest BCUT2D eigenvalue weighted by Crippen LogP contribution is 2.50. The van der Waals surface area contributed by atoms with E-state index in [1.54, 1.807) is 0 Å². The van der Waals surface area contributed by atoms with Gasteiger partial charge in [-0.25, -0.2) is 9.34 Å². The lowest BCUT2D eigenvalue weighted by molar-refractivity contribution is 0.351. The Labute approximate surface area is 228 Å². The van der Waals surface area contributed by atoms with Crippen LogP contribution in [0.25, 0.3) is 0 Å². The molecule has 6 heteroatoms. The SMILES string of the molecule is CCCN(CCN(CCC)P(=O)(c1ccccc1)c1ccccc1)P(=O)(c1ccccc1)c1ccccc1. The molecule has 0 N–H and O–H groups in total. The van der Waals surface area contributed by atoms with Gasteiger partial charge in [0, 0.05) is 47.4 Å². The number of hydrogen-bond donors (Lipinski definition) is 0. The van der Waals surface area contributed by atoms with E-state index in [2.05, 4.69) is 23.2 Å². The van der Waals surface area contributed by atoms with Crippen LogP contribution in [0.1, 0.15) is 26.7 Å². The molecule has 4 aromatic rings. The molecule has 0 saturated heterocycles. The summed E-state index contributed by atoms with van der Waals surface area (Å²) in [5.41, 5.74) is 0. The standard InChI is InChI=1S/C32H38N2O2P2/c1-3-25-33(37(35,29-17-9-5-10-18-29)30-19-11-6-12-20-30)27-28-34(26-4-2)38(36,31-21-13-7-14-22-31)32-23-15-8-16-24-32/h5-24H,3-4,25-28H2,1-2H3. The largest absolute Gasteiger partial charge is 0.296 e. The molecule has 4 aromatic carbocycles. The van der Waals surface area contributed by atoms with Crippen LogP contribution in [-0.4, -0.2) is 35.5 Å². The van der Waals surface area contributed by atoms with Crippen LogP contribution in [-0.2, 0) is 9.13 Å². The Morgan fingerprint density at radius 1 is 0.421 bits per heavy atom. The molecule has 0 spiro atoms. The summed E-state index contributed by atoms with van der Waals surface area (Å²) in [4.78, 5) is 0. The third kappa shape index (κ3) is 5.95. The molecule has 0 aliphatic heterocycles. The van der Waals surface area contributed by atoms with Crippen molar-refractivity contribution in [2.45, 2.75) is 26.7 Å². The zero-order valence-corrected chi connectivity index (χ0v) is 24.2. The zero-order valence-electron chi connectivity index (χ0n) is 22.4. The van der Waals surface area contributed by atoms with Crippen LogP contribution in [0, 0.1) is 0 Å². The molecule has 0 amide bonds. The fraction of sp³-hybridized carbons (Fsp3) is 0.250. The van der Waals surface area contributed by atoms with Crippen LogP contribution >= 0.6 is 14.6 Å². The lowest BCUT2D eigenvalue weighted by atomic mass is 10.4. The van der Waals surface area contributed by atoms with Crippen LogP contribution in [0.5, 0.6) is 0 Å². The topological polar surface area (TPSA) is 40.6 Å². The fourth-order valence-electron chi connectivity index (χ4n) is 5.01. The van der Waals surface area contributed by atoms with E-state index in [1.165, 1.54) is 0 Å². The first-order valence-corrected chi connectivity index (χ1v) is 16.8. The van der Waals surface area contributed by atoms with Gasteiger partial charge in [0.2, 0.25) is 14.6 Å². The average Bonchev–Trinajstić information content (AvgIpc) is 2.99. The normalized spacial score (nSPS) is 12.2. The zero-order chi connectivity index (χ0) is 26.8. The monoisotopic (exact) mass is 544 g/mol. The Morgan fingerprint density at radius 2 is 0.658 bits per heavy atom. The Kier molecular flexibility index (Phi) is 9.94. The van der Waals surface area contributed by atoms with Crippen LogP contribution in [0.4, 0.5) is 0 Å². The lowest BCUT2D eigenvalue weighted by Gasteiger charge is -2.37. The summed E-state index contributed by atoms with van der Waals surface area (Å²) in [6.07, 6.45) is 1.74. The fourth-order valence-corrected chi connectivity index (χ4v) is 10.9. The minimum absolute atomic E-state index is 0.540. The van der Waals surface area contributed by atoms with Crippen molar-refractivity contribution in [2.75, 3.05) is 26.2 Å². The Morgan fingerprint density at radius 3 is 0.868 bits per heavy atom. The van der Waals surface area contributed by atoms with Crippen LogP contribution < -0.4 is 21.2 Å². The highest BCUT2D eigenvalue weighted by molar-refractivity contribution is 7.77. The van der Waals surface area contributed by atoms with Crippen molar-refractivity contribution in [3.8, 4) is 0 Å². The van der Waals surface area contributed by atoms with E-state index in [0.717, 1.165) is 34.1 Å². The van der Waals surface area contributed by atoms with E-state index >= 15 is 9.13 Å². The van der Waals surface area contributed by atoms with Gasteiger partial charge < -0.3 is 0 Å². The van der Waals surface area contributed by atoms with Gasteiger partial charge in [0.1, 0.15) is 0 Å². The second-order valence-electron chi connectivity index (χ2n) is 9.40. The van der Waals surface area contributed by atoms with Crippen molar-refractivity contribution >= 4 is 35.8 Å². The summed E-state index contributed by atoms with van der Waals surface area (Å²) in [6, 6.07) is 39.3. The minimum atomic E-state index is -3.11. The van der Waals surface area contributed by atoms with Gasteiger partial charge in [-0.1, -0.05) is 86.6 Å². The third-order valence-electron chi connectivity index (χ3n) is 6.80. The molecule has 0 radical (unpaired) electrons. The molecule has 0 aliphatic rings. The molecule has 0 heterocycles. The van der Waals surface area contributed by atoms with E-state index in [9.17, 15) is 0 Å². The molecule has 0 unspecified atom stereocenters. The van der Waals surface area contributed by atoms with E-state index in [4.69, 9.17) is 0 Å². The maximum atomic E-state index is 15.1. The number of rotatable bonds is 13. The summed E-state index contributed by atoms with van der Waals surface area (Å²) in [5, 5.41) is 3.32. The maximum Gasteiger partial charge on any atom is 0.207 e. The van der Waals surface area contributed by atoms with Gasteiger partial charge in [0.25, 0.3) is 0 Å². The molecule has 0 aromatic heterocycles. The first-order valence-electron chi connectivity index (χ1n) is 13.5. The lowest BCUT2D eigenvalue weighted by Crippen LogP contribution is -2.40. The average molecular weight is 545 g/mol. The van der Waals surface area contributed by atoms with E-state index in [0.29, 0.717) is 26.2 Å². The van der Waals surface area contributed by atoms with E-state index in [1.807, 2.05) is 121 Å². The number of benzene rings is 4. The van der Waals surface area contributed by atoms with Gasteiger partial charge in [-0.3, -0.25) is 9.13 Å². The molecule has 4 rings (SSSR count). The first kappa shape index (κ1) is 28.3. The Balaban J connectivity index is 1.76. The quantitative estimate of drug-likeness (QED) is 0.186. The van der Waals surface area contributed by atoms with Gasteiger partial charge in [-0.05, 0) is 61.4 Å². The maximum absolute atomic E-state index is 15.1. The summed E-state index contributed by atoms with van der Waals surface area (Å²) < 4.78 is 34.5. The summed E-state index contributed by atoms with van der Waals surface area (Å²) in [6.45, 7) is 6.69. The minimum Gasteiger partial charge on any atom is -0.296 e. The molecule has 0 atom stereocenters. The molecule has 0 bridgehead atoms. The van der Waals surface area contributed by atoms with E-state index in [-0.39, 0.29) is 0 Å². The highest BCUT2D eigenvalue weighted by atomic mass is 31.2. The van der Waals surface area contributed by atoms with Crippen LogP contribution in [0.3, 0.4) is 0 Å². The predicted octanol–water partition coefficient (Wildman–Crippen LogP) is 6.27. The van der Waals surface area contributed by atoms with Crippen molar-refractivity contribution in [1.82, 2.24) is 9.34 Å². The molecule has 0 aliphatic carbocycles. The molecule has 38 heavy (non-hydrogen) atoms. The molecular formula is C32H38N2O2P2. The molecule has 4 nitrogen and oxygen atoms in total. The van der Waals surface area contributed by atoms with Crippen LogP contribution in [0.2, 0.25) is 0 Å². The highest BCUT2D eigenvalue weighted by Gasteiger charge is 2.37. The third-order valence-corrected chi connectivity index (χ3v) is 13.2. The van der Waals surface area contributed by atoms with Gasteiger partial charge in [-0.15, -0.1) is 0 Å². The number of hydrogen-bond acceptors (Lipinski definition) is 2. The molecule has 0 fully saturated rings. The van der Waals surface area contributed by atoms with Crippen LogP contribution in [0.15, 0.2) is 121 Å². The van der Waals surface area contributed by atoms with Gasteiger partial charge >= 0.3 is 0 Å². The van der Waals surface area contributed by atoms with Crippen molar-refractivity contribution in [3.05, 3.63) is 121 Å². The Bertz CT molecular complexity index is 1160. The van der Waals surface area contributed by atoms with Gasteiger partial charge in [0.15, 0.2) is 0 Å². The van der Waals surface area contributed by atoms with Crippen molar-refractivity contribution in [3.63, 3.8) is 0 Å². The molecular weight excluding hydrogens is 506 g/mol. The molecule has 0 saturated carbocycles. The summed E-state index contributed by atoms with van der Waals surface area (Å²) in [7, 11) is -6.21. The van der Waals surface area contributed by atoms with E-state index < -0.39 is 14.6 Å². The smallest absolute Gasteiger partial charge is 0.207 e. The van der Waals surface area contributed by atoms with Crippen molar-refractivity contribution in [1.29, 1.82) is 0 Å². The summed E-state index contributed by atoms with van der Waals surface area (Å²) in [5.74, 6) is 0. The second kappa shape index (κ2) is 13.4. The predicted molar refractivity (Wildman–Crippen MR) is 163 cm³/mol. The first-order chi connectivity index (χ1) is 18.5.